The summed E-state index contributed by atoms with van der Waals surface area (Å²) in [5, 5.41) is 0.244. The number of rotatable bonds is 4. The molecule has 0 aliphatic rings. The first-order valence-corrected chi connectivity index (χ1v) is 7.53. The van der Waals surface area contributed by atoms with Crippen molar-refractivity contribution >= 4 is 27.3 Å². The van der Waals surface area contributed by atoms with Crippen molar-refractivity contribution in [1.82, 2.24) is 4.72 Å². The Bertz CT molecular complexity index is 521. The van der Waals surface area contributed by atoms with Gasteiger partial charge in [-0.1, -0.05) is 32.4 Å². The lowest BCUT2D eigenvalue weighted by atomic mass is 9.93. The van der Waals surface area contributed by atoms with Crippen molar-refractivity contribution in [2.75, 3.05) is 12.3 Å². The lowest BCUT2D eigenvalue weighted by molar-refractivity contribution is 0.378. The fraction of sp³-hybridized carbons (Fsp3) is 0.500. The molecule has 4 nitrogen and oxygen atoms in total. The van der Waals surface area contributed by atoms with Crippen molar-refractivity contribution < 1.29 is 8.42 Å². The minimum atomic E-state index is -3.51. The third-order valence-corrected chi connectivity index (χ3v) is 4.24. The van der Waals surface area contributed by atoms with Crippen LogP contribution in [0, 0.1) is 5.41 Å². The standard InChI is InChI=1S/C12H19ClN2O2S/c1-12(2,3)6-7-15-18(16,17)9-4-5-11(14)10(13)8-9/h4-5,8,15H,6-7,14H2,1-3H3. The van der Waals surface area contributed by atoms with Crippen LogP contribution in [0.1, 0.15) is 27.2 Å². The molecule has 0 aromatic heterocycles. The molecule has 3 N–H and O–H groups in total. The summed E-state index contributed by atoms with van der Waals surface area (Å²) >= 11 is 5.81. The largest absolute Gasteiger partial charge is 0.398 e. The molecule has 0 heterocycles. The second-order valence-electron chi connectivity index (χ2n) is 5.39. The maximum atomic E-state index is 12.0. The first kappa shape index (κ1) is 15.3. The number of benzene rings is 1. The molecule has 1 aromatic rings. The van der Waals surface area contributed by atoms with Crippen LogP contribution in [-0.4, -0.2) is 15.0 Å². The van der Waals surface area contributed by atoms with Crippen molar-refractivity contribution in [2.24, 2.45) is 5.41 Å². The van der Waals surface area contributed by atoms with E-state index in [1.807, 2.05) is 0 Å². The van der Waals surface area contributed by atoms with Crippen LogP contribution in [0.3, 0.4) is 0 Å². The van der Waals surface area contributed by atoms with E-state index in [0.717, 1.165) is 6.42 Å². The minimum absolute atomic E-state index is 0.0846. The average molecular weight is 291 g/mol. The Balaban J connectivity index is 2.77. The van der Waals surface area contributed by atoms with Gasteiger partial charge < -0.3 is 5.73 Å². The zero-order valence-corrected chi connectivity index (χ0v) is 12.4. The Kier molecular flexibility index (Phi) is 4.64. The summed E-state index contributed by atoms with van der Waals surface area (Å²) in [5.41, 5.74) is 5.99. The SMILES string of the molecule is CC(C)(C)CCNS(=O)(=O)c1ccc(N)c(Cl)c1. The summed E-state index contributed by atoms with van der Waals surface area (Å²) in [4.78, 5) is 0.135. The predicted octanol–water partition coefficient (Wildman–Crippen LogP) is 2.64. The van der Waals surface area contributed by atoms with Crippen LogP contribution in [0.4, 0.5) is 5.69 Å². The van der Waals surface area contributed by atoms with E-state index in [4.69, 9.17) is 17.3 Å². The van der Waals surface area contributed by atoms with Crippen molar-refractivity contribution in [3.63, 3.8) is 0 Å². The van der Waals surface area contributed by atoms with Gasteiger partial charge >= 0.3 is 0 Å². The number of nitrogens with two attached hydrogens (primary N) is 1. The Morgan fingerprint density at radius 2 is 1.94 bits per heavy atom. The molecule has 102 valence electrons. The Morgan fingerprint density at radius 3 is 2.44 bits per heavy atom. The Labute approximate surface area is 114 Å². The first-order valence-electron chi connectivity index (χ1n) is 5.66. The summed E-state index contributed by atoms with van der Waals surface area (Å²) in [6, 6.07) is 4.29. The lowest BCUT2D eigenvalue weighted by Crippen LogP contribution is -2.27. The zero-order valence-electron chi connectivity index (χ0n) is 10.8. The van der Waals surface area contributed by atoms with E-state index in [0.29, 0.717) is 12.2 Å². The van der Waals surface area contributed by atoms with Crippen molar-refractivity contribution in [3.8, 4) is 0 Å². The van der Waals surface area contributed by atoms with Gasteiger partial charge in [0.15, 0.2) is 0 Å². The fourth-order valence-corrected chi connectivity index (χ4v) is 2.62. The van der Waals surface area contributed by atoms with Crippen molar-refractivity contribution in [1.29, 1.82) is 0 Å². The lowest BCUT2D eigenvalue weighted by Gasteiger charge is -2.18. The van der Waals surface area contributed by atoms with E-state index < -0.39 is 10.0 Å². The van der Waals surface area contributed by atoms with Crippen LogP contribution in [0.5, 0.6) is 0 Å². The fourth-order valence-electron chi connectivity index (χ4n) is 1.32. The monoisotopic (exact) mass is 290 g/mol. The molecular weight excluding hydrogens is 272 g/mol. The molecule has 0 aliphatic carbocycles. The highest BCUT2D eigenvalue weighted by Gasteiger charge is 2.17. The van der Waals surface area contributed by atoms with Gasteiger partial charge in [-0.05, 0) is 30.0 Å². The van der Waals surface area contributed by atoms with Crippen molar-refractivity contribution in [2.45, 2.75) is 32.1 Å². The maximum Gasteiger partial charge on any atom is 0.240 e. The smallest absolute Gasteiger partial charge is 0.240 e. The molecule has 6 heteroatoms. The van der Waals surface area contributed by atoms with E-state index in [1.165, 1.54) is 18.2 Å². The predicted molar refractivity (Wildman–Crippen MR) is 75.1 cm³/mol. The molecule has 0 amide bonds. The molecule has 0 bridgehead atoms. The molecule has 0 atom stereocenters. The molecule has 1 aromatic carbocycles. The van der Waals surface area contributed by atoms with E-state index >= 15 is 0 Å². The second kappa shape index (κ2) is 5.47. The number of sulfonamides is 1. The van der Waals surface area contributed by atoms with Gasteiger partial charge in [0, 0.05) is 6.54 Å². The zero-order chi connectivity index (χ0) is 14.0. The topological polar surface area (TPSA) is 72.2 Å². The third-order valence-electron chi connectivity index (χ3n) is 2.45. The summed E-state index contributed by atoms with van der Waals surface area (Å²) in [6.07, 6.45) is 0.759. The van der Waals surface area contributed by atoms with Gasteiger partial charge in [0.1, 0.15) is 0 Å². The van der Waals surface area contributed by atoms with Crippen LogP contribution < -0.4 is 10.5 Å². The van der Waals surface area contributed by atoms with Crippen LogP contribution >= 0.6 is 11.6 Å². The molecule has 0 fully saturated rings. The van der Waals surface area contributed by atoms with Gasteiger partial charge in [-0.25, -0.2) is 13.1 Å². The van der Waals surface area contributed by atoms with Gasteiger partial charge in [-0.15, -0.1) is 0 Å². The van der Waals surface area contributed by atoms with Gasteiger partial charge in [0.25, 0.3) is 0 Å². The van der Waals surface area contributed by atoms with E-state index in [9.17, 15) is 8.42 Å². The molecule has 0 aliphatic heterocycles. The molecule has 0 saturated heterocycles. The number of nitrogens with one attached hydrogen (secondary N) is 1. The number of halogens is 1. The molecule has 0 radical (unpaired) electrons. The highest BCUT2D eigenvalue weighted by molar-refractivity contribution is 7.89. The number of hydrogen-bond donors (Lipinski definition) is 2. The summed E-state index contributed by atoms with van der Waals surface area (Å²) in [6.45, 7) is 6.57. The van der Waals surface area contributed by atoms with Gasteiger partial charge in [-0.3, -0.25) is 0 Å². The van der Waals surface area contributed by atoms with Gasteiger partial charge in [-0.2, -0.15) is 0 Å². The van der Waals surface area contributed by atoms with E-state index in [2.05, 4.69) is 25.5 Å². The minimum Gasteiger partial charge on any atom is -0.398 e. The second-order valence-corrected chi connectivity index (χ2v) is 7.57. The van der Waals surface area contributed by atoms with Crippen LogP contribution in [0.2, 0.25) is 5.02 Å². The summed E-state index contributed by atoms with van der Waals surface area (Å²) < 4.78 is 26.5. The highest BCUT2D eigenvalue weighted by Crippen LogP contribution is 2.23. The summed E-state index contributed by atoms with van der Waals surface area (Å²) in [5.74, 6) is 0. The van der Waals surface area contributed by atoms with E-state index in [-0.39, 0.29) is 15.3 Å². The quantitative estimate of drug-likeness (QED) is 0.837. The number of hydrogen-bond acceptors (Lipinski definition) is 3. The molecule has 0 saturated carbocycles. The number of nitrogen functional groups attached to an aromatic ring is 1. The summed E-state index contributed by atoms with van der Waals surface area (Å²) in [7, 11) is -3.51. The Morgan fingerprint density at radius 1 is 1.33 bits per heavy atom. The molecular formula is C12H19ClN2O2S. The maximum absolute atomic E-state index is 12.0. The van der Waals surface area contributed by atoms with Gasteiger partial charge in [0.05, 0.1) is 15.6 Å². The Hall–Kier alpha value is -0.780. The molecule has 0 unspecified atom stereocenters. The highest BCUT2D eigenvalue weighted by atomic mass is 35.5. The normalized spacial score (nSPS) is 12.7. The van der Waals surface area contributed by atoms with Crippen LogP contribution in [0.15, 0.2) is 23.1 Å². The van der Waals surface area contributed by atoms with Crippen molar-refractivity contribution in [3.05, 3.63) is 23.2 Å². The van der Waals surface area contributed by atoms with Gasteiger partial charge in [0.2, 0.25) is 10.0 Å². The molecule has 18 heavy (non-hydrogen) atoms. The van der Waals surface area contributed by atoms with E-state index in [1.54, 1.807) is 0 Å². The third kappa shape index (κ3) is 4.48. The van der Waals surface area contributed by atoms with Crippen LogP contribution in [-0.2, 0) is 10.0 Å². The average Bonchev–Trinajstić information content (AvgIpc) is 2.19. The first-order chi connectivity index (χ1) is 8.12. The molecule has 1 rings (SSSR count). The molecule has 0 spiro atoms. The number of anilines is 1. The van der Waals surface area contributed by atoms with Crippen LogP contribution in [0.25, 0.3) is 0 Å².